The number of hydrogen-bond acceptors (Lipinski definition) is 1. The van der Waals surface area contributed by atoms with Crippen molar-refractivity contribution in [2.24, 2.45) is 0 Å². The lowest BCUT2D eigenvalue weighted by atomic mass is 9.99. The molecule has 0 amide bonds. The van der Waals surface area contributed by atoms with Gasteiger partial charge in [-0.05, 0) is 147 Å². The molecule has 0 unspecified atom stereocenters. The van der Waals surface area contributed by atoms with Crippen LogP contribution in [0.3, 0.4) is 0 Å². The van der Waals surface area contributed by atoms with Gasteiger partial charge >= 0.3 is 0 Å². The van der Waals surface area contributed by atoms with Crippen LogP contribution in [-0.4, -0.2) is 9.13 Å². The summed E-state index contributed by atoms with van der Waals surface area (Å²) in [6, 6.07) is 90.8. The molecule has 13 aromatic rings. The summed E-state index contributed by atoms with van der Waals surface area (Å²) in [5.74, 6) is 0. The zero-order valence-corrected chi connectivity index (χ0v) is 35.5. The third-order valence-corrected chi connectivity index (χ3v) is 13.2. The summed E-state index contributed by atoms with van der Waals surface area (Å²) in [7, 11) is 0. The number of anilines is 3. The topological polar surface area (TPSA) is 13.1 Å². The summed E-state index contributed by atoms with van der Waals surface area (Å²) in [6.45, 7) is 0. The normalized spacial score (nSPS) is 11.7. The van der Waals surface area contributed by atoms with Crippen molar-refractivity contribution in [1.82, 2.24) is 9.13 Å². The molecule has 2 aromatic heterocycles. The van der Waals surface area contributed by atoms with Gasteiger partial charge in [0, 0.05) is 50.0 Å². The molecule has 0 aliphatic heterocycles. The lowest BCUT2D eigenvalue weighted by molar-refractivity contribution is 1.18. The number of rotatable bonds is 7. The Kier molecular flexibility index (Phi) is 8.53. The molecule has 0 aliphatic rings. The lowest BCUT2D eigenvalue weighted by Crippen LogP contribution is -2.09. The summed E-state index contributed by atoms with van der Waals surface area (Å²) >= 11 is 0. The molecule has 0 fully saturated rings. The van der Waals surface area contributed by atoms with Crippen molar-refractivity contribution in [3.8, 4) is 33.6 Å². The molecule has 3 heteroatoms. The molecule has 13 rings (SSSR count). The molecule has 0 saturated heterocycles. The number of benzene rings is 11. The second kappa shape index (κ2) is 15.0. The molecular formula is C62H41N3. The van der Waals surface area contributed by atoms with Crippen LogP contribution in [0.5, 0.6) is 0 Å². The molecule has 0 atom stereocenters. The van der Waals surface area contributed by atoms with Gasteiger partial charge in [-0.1, -0.05) is 146 Å². The number of aromatic nitrogens is 2. The SMILES string of the molecule is c1ccc(-n2c3ccccc3c3cc(-c4ccc5c(c4)c4cc(-c6ccc(N(c7ccc8ccccc8c7)c7ccc8ccccc8c7)cc6)ccc4n5-c4ccccc4)ccc32)cc1. The summed E-state index contributed by atoms with van der Waals surface area (Å²) < 4.78 is 4.78. The van der Waals surface area contributed by atoms with Crippen LogP contribution in [0.25, 0.3) is 98.8 Å². The van der Waals surface area contributed by atoms with E-state index in [-0.39, 0.29) is 0 Å². The fraction of sp³-hybridized carbons (Fsp3) is 0. The van der Waals surface area contributed by atoms with E-state index in [0.717, 1.165) is 22.7 Å². The maximum absolute atomic E-state index is 2.41. The maximum atomic E-state index is 2.41. The minimum atomic E-state index is 1.11. The van der Waals surface area contributed by atoms with Crippen LogP contribution >= 0.6 is 0 Å². The van der Waals surface area contributed by atoms with Gasteiger partial charge < -0.3 is 14.0 Å². The Hall–Kier alpha value is -8.66. The second-order valence-corrected chi connectivity index (χ2v) is 17.0. The first-order valence-corrected chi connectivity index (χ1v) is 22.3. The minimum absolute atomic E-state index is 1.11. The van der Waals surface area contributed by atoms with Crippen molar-refractivity contribution in [3.63, 3.8) is 0 Å². The van der Waals surface area contributed by atoms with Gasteiger partial charge in [-0.3, -0.25) is 0 Å². The Bertz CT molecular complexity index is 3860. The van der Waals surface area contributed by atoms with Crippen molar-refractivity contribution in [2.45, 2.75) is 0 Å². The first-order valence-electron chi connectivity index (χ1n) is 22.3. The van der Waals surface area contributed by atoms with E-state index in [0.29, 0.717) is 0 Å². The number of nitrogens with zero attached hydrogens (tertiary/aromatic N) is 3. The van der Waals surface area contributed by atoms with Gasteiger partial charge in [-0.2, -0.15) is 0 Å². The van der Waals surface area contributed by atoms with E-state index in [4.69, 9.17) is 0 Å². The van der Waals surface area contributed by atoms with Gasteiger partial charge in [0.15, 0.2) is 0 Å². The quantitative estimate of drug-likeness (QED) is 0.156. The summed E-state index contributed by atoms with van der Waals surface area (Å²) in [6.07, 6.45) is 0. The van der Waals surface area contributed by atoms with Crippen molar-refractivity contribution < 1.29 is 0 Å². The second-order valence-electron chi connectivity index (χ2n) is 17.0. The van der Waals surface area contributed by atoms with Gasteiger partial charge in [0.05, 0.1) is 22.1 Å². The molecular weight excluding hydrogens is 787 g/mol. The fourth-order valence-corrected chi connectivity index (χ4v) is 10.1. The zero-order valence-electron chi connectivity index (χ0n) is 35.5. The van der Waals surface area contributed by atoms with Crippen LogP contribution in [0.15, 0.2) is 249 Å². The third kappa shape index (κ3) is 6.20. The molecule has 2 heterocycles. The van der Waals surface area contributed by atoms with E-state index in [9.17, 15) is 0 Å². The smallest absolute Gasteiger partial charge is 0.0541 e. The van der Waals surface area contributed by atoms with Gasteiger partial charge in [-0.15, -0.1) is 0 Å². The molecule has 304 valence electrons. The van der Waals surface area contributed by atoms with Crippen LogP contribution in [0, 0.1) is 0 Å². The third-order valence-electron chi connectivity index (χ3n) is 13.2. The fourth-order valence-electron chi connectivity index (χ4n) is 10.1. The predicted octanol–water partition coefficient (Wildman–Crippen LogP) is 17.0. The van der Waals surface area contributed by atoms with Gasteiger partial charge in [0.1, 0.15) is 0 Å². The molecule has 0 saturated carbocycles. The molecule has 0 N–H and O–H groups in total. The van der Waals surface area contributed by atoms with Crippen LogP contribution in [-0.2, 0) is 0 Å². The van der Waals surface area contributed by atoms with Crippen LogP contribution in [0.1, 0.15) is 0 Å². The Balaban J connectivity index is 0.935. The Morgan fingerprint density at radius 3 is 1.11 bits per heavy atom. The van der Waals surface area contributed by atoms with Crippen LogP contribution < -0.4 is 4.90 Å². The molecule has 0 bridgehead atoms. The average molecular weight is 828 g/mol. The van der Waals surface area contributed by atoms with Crippen molar-refractivity contribution in [2.75, 3.05) is 4.90 Å². The molecule has 0 aliphatic carbocycles. The Morgan fingerprint density at radius 2 is 0.600 bits per heavy atom. The number of fused-ring (bicyclic) bond motifs is 8. The van der Waals surface area contributed by atoms with E-state index in [2.05, 4.69) is 263 Å². The Morgan fingerprint density at radius 1 is 0.231 bits per heavy atom. The highest BCUT2D eigenvalue weighted by Gasteiger charge is 2.18. The standard InChI is InChI=1S/C62H41N3/c1-3-17-50(18-4-1)64-59-22-12-11-21-55(59)56-40-48(28-35-60(56)64)49-29-36-62-58(41-49)57-39-47(27-34-61(57)65(62)51-19-5-2-6-20-51)44-23-30-52(31-24-44)63(53-32-25-42-13-7-9-15-45(42)37-53)54-33-26-43-14-8-10-16-46(43)38-54/h1-41H. The van der Waals surface area contributed by atoms with E-state index in [1.807, 2.05) is 0 Å². The first kappa shape index (κ1) is 36.9. The average Bonchev–Trinajstić information content (AvgIpc) is 3.89. The molecule has 0 radical (unpaired) electrons. The van der Waals surface area contributed by atoms with E-state index >= 15 is 0 Å². The minimum Gasteiger partial charge on any atom is -0.310 e. The number of hydrogen-bond donors (Lipinski definition) is 0. The van der Waals surface area contributed by atoms with E-state index in [1.165, 1.54) is 93.1 Å². The summed E-state index contributed by atoms with van der Waals surface area (Å²) in [5, 5.41) is 9.85. The van der Waals surface area contributed by atoms with Crippen molar-refractivity contribution in [3.05, 3.63) is 249 Å². The van der Waals surface area contributed by atoms with Crippen LogP contribution in [0.2, 0.25) is 0 Å². The van der Waals surface area contributed by atoms with E-state index < -0.39 is 0 Å². The molecule has 11 aromatic carbocycles. The highest BCUT2D eigenvalue weighted by molar-refractivity contribution is 6.13. The van der Waals surface area contributed by atoms with Gasteiger partial charge in [-0.25, -0.2) is 0 Å². The Labute approximate surface area is 376 Å². The highest BCUT2D eigenvalue weighted by Crippen LogP contribution is 2.42. The highest BCUT2D eigenvalue weighted by atomic mass is 15.1. The van der Waals surface area contributed by atoms with Crippen molar-refractivity contribution in [1.29, 1.82) is 0 Å². The van der Waals surface area contributed by atoms with Gasteiger partial charge in [0.2, 0.25) is 0 Å². The molecule has 3 nitrogen and oxygen atoms in total. The largest absolute Gasteiger partial charge is 0.310 e. The van der Waals surface area contributed by atoms with Crippen molar-refractivity contribution >= 4 is 82.2 Å². The number of para-hydroxylation sites is 3. The van der Waals surface area contributed by atoms with Gasteiger partial charge in [0.25, 0.3) is 0 Å². The molecule has 0 spiro atoms. The summed E-state index contributed by atoms with van der Waals surface area (Å²) in [5.41, 5.74) is 15.2. The van der Waals surface area contributed by atoms with E-state index in [1.54, 1.807) is 0 Å². The molecule has 65 heavy (non-hydrogen) atoms. The van der Waals surface area contributed by atoms with Crippen LogP contribution in [0.4, 0.5) is 17.1 Å². The monoisotopic (exact) mass is 827 g/mol. The predicted molar refractivity (Wildman–Crippen MR) is 276 cm³/mol. The first-order chi connectivity index (χ1) is 32.2. The maximum Gasteiger partial charge on any atom is 0.0541 e. The lowest BCUT2D eigenvalue weighted by Gasteiger charge is -2.26. The zero-order chi connectivity index (χ0) is 42.8. The summed E-state index contributed by atoms with van der Waals surface area (Å²) in [4.78, 5) is 2.37.